The van der Waals surface area contributed by atoms with Crippen LogP contribution >= 0.6 is 0 Å². The molecular formula is C55H77NO27. The van der Waals surface area contributed by atoms with Gasteiger partial charge in [0, 0.05) is 80.3 Å². The van der Waals surface area contributed by atoms with Gasteiger partial charge in [-0.05, 0) is 71.6 Å². The first kappa shape index (κ1) is 67.2. The predicted octanol–water partition coefficient (Wildman–Crippen LogP) is 3.26. The van der Waals surface area contributed by atoms with E-state index in [1.165, 1.54) is 0 Å². The van der Waals surface area contributed by atoms with Crippen LogP contribution in [0.1, 0.15) is 135 Å². The fourth-order valence-electron chi connectivity index (χ4n) is 10.3. The standard InChI is InChI=1S/C55H77NO27/c1-26(83-56-54(12,13)21-16-22-55(56,14)15)37-17-19-38(20-18-37)77-51-48(74-34(9)64)46(72-32(7)62)43(40(78-51)24-68-28(3)58)81-53-50(76-36(11)66)47(73-33(8)63)44(41(80-53)25-69-29(4)59)82-52-49(75-35(10)65)45(71-31(6)61)42(70-30(5)60)39(79-52)23-67-27(2)57/h17-20,26,39-53H,16,21-25H2,1-15H3/t26?,39-,40-,41-,42-,43-,44-,45+,46+,47+,48-,49-,50-,51-,52-,53-/m1/s1. The van der Waals surface area contributed by atoms with Gasteiger partial charge in [0.1, 0.15) is 62.2 Å². The van der Waals surface area contributed by atoms with Crippen molar-refractivity contribution >= 4 is 59.7 Å². The molecule has 28 heteroatoms. The summed E-state index contributed by atoms with van der Waals surface area (Å²) < 4.78 is 94.3. The summed E-state index contributed by atoms with van der Waals surface area (Å²) in [6, 6.07) is 6.74. The summed E-state index contributed by atoms with van der Waals surface area (Å²) in [6.45, 7) is 18.4. The molecule has 83 heavy (non-hydrogen) atoms. The smallest absolute Gasteiger partial charge is 0.303 e. The summed E-state index contributed by atoms with van der Waals surface area (Å²) >= 11 is 0. The molecule has 4 aliphatic heterocycles. The van der Waals surface area contributed by atoms with Crippen LogP contribution in [0.15, 0.2) is 24.3 Å². The highest BCUT2D eigenvalue weighted by atomic mass is 16.8. The van der Waals surface area contributed by atoms with Gasteiger partial charge in [-0.3, -0.25) is 52.8 Å². The number of hydrogen-bond donors (Lipinski definition) is 0. The van der Waals surface area contributed by atoms with Crippen LogP contribution in [0.3, 0.4) is 0 Å². The number of carbonyl (C=O) groups is 10. The molecule has 28 nitrogen and oxygen atoms in total. The lowest BCUT2D eigenvalue weighted by atomic mass is 9.82. The Balaban J connectivity index is 1.59. The molecule has 0 radical (unpaired) electrons. The molecule has 0 N–H and O–H groups in total. The van der Waals surface area contributed by atoms with Crippen molar-refractivity contribution in [2.24, 2.45) is 0 Å². The minimum Gasteiger partial charge on any atom is -0.463 e. The highest BCUT2D eigenvalue weighted by molar-refractivity contribution is 5.70. The van der Waals surface area contributed by atoms with Gasteiger partial charge in [0.25, 0.3) is 0 Å². The molecule has 4 fully saturated rings. The lowest BCUT2D eigenvalue weighted by Gasteiger charge is -2.52. The molecule has 464 valence electrons. The molecule has 4 heterocycles. The van der Waals surface area contributed by atoms with E-state index < -0.39 is 178 Å². The van der Waals surface area contributed by atoms with Crippen molar-refractivity contribution in [2.45, 2.75) is 232 Å². The largest absolute Gasteiger partial charge is 0.463 e. The van der Waals surface area contributed by atoms with Gasteiger partial charge < -0.3 is 75.8 Å². The van der Waals surface area contributed by atoms with E-state index in [9.17, 15) is 47.9 Å². The third-order valence-electron chi connectivity index (χ3n) is 13.4. The molecule has 0 amide bonds. The number of benzene rings is 1. The van der Waals surface area contributed by atoms with E-state index in [1.807, 2.05) is 12.0 Å². The average molecular weight is 1180 g/mol. The Morgan fingerprint density at radius 3 is 1.08 bits per heavy atom. The summed E-state index contributed by atoms with van der Waals surface area (Å²) in [5.74, 6) is -9.29. The zero-order valence-electron chi connectivity index (χ0n) is 49.3. The lowest BCUT2D eigenvalue weighted by molar-refractivity contribution is -0.377. The van der Waals surface area contributed by atoms with E-state index in [-0.39, 0.29) is 16.8 Å². The van der Waals surface area contributed by atoms with Crippen LogP contribution in [0, 0.1) is 0 Å². The molecule has 16 atom stereocenters. The zero-order chi connectivity index (χ0) is 61.8. The minimum absolute atomic E-state index is 0.166. The van der Waals surface area contributed by atoms with Gasteiger partial charge in [-0.25, -0.2) is 0 Å². The van der Waals surface area contributed by atoms with Gasteiger partial charge in [0.05, 0.1) is 0 Å². The summed E-state index contributed by atoms with van der Waals surface area (Å²) in [5.41, 5.74) is 0.278. The van der Waals surface area contributed by atoms with E-state index in [2.05, 4.69) is 27.7 Å². The number of hydroxylamine groups is 2. The van der Waals surface area contributed by atoms with Crippen LogP contribution in [-0.4, -0.2) is 188 Å². The second-order valence-electron chi connectivity index (χ2n) is 21.5. The highest BCUT2D eigenvalue weighted by Gasteiger charge is 2.60. The van der Waals surface area contributed by atoms with E-state index in [0.29, 0.717) is 0 Å². The first-order chi connectivity index (χ1) is 38.8. The van der Waals surface area contributed by atoms with E-state index in [1.54, 1.807) is 24.3 Å². The number of nitrogens with zero attached hydrogens (tertiary/aromatic N) is 1. The molecule has 4 aliphatic rings. The third kappa shape index (κ3) is 19.0. The van der Waals surface area contributed by atoms with E-state index in [4.69, 9.17) is 80.6 Å². The van der Waals surface area contributed by atoms with Crippen molar-refractivity contribution in [1.82, 2.24) is 5.06 Å². The molecule has 0 saturated carbocycles. The Bertz CT molecular complexity index is 2460. The Morgan fingerprint density at radius 2 is 0.735 bits per heavy atom. The molecule has 1 aromatic carbocycles. The number of hydrogen-bond acceptors (Lipinski definition) is 28. The summed E-state index contributed by atoms with van der Waals surface area (Å²) in [6.07, 6.45) is -24.4. The third-order valence-corrected chi connectivity index (χ3v) is 13.4. The lowest BCUT2D eigenvalue weighted by Crippen LogP contribution is -2.69. The summed E-state index contributed by atoms with van der Waals surface area (Å²) in [4.78, 5) is 134. The Hall–Kier alpha value is -6.56. The van der Waals surface area contributed by atoms with Gasteiger partial charge in [-0.15, -0.1) is 0 Å². The van der Waals surface area contributed by atoms with Crippen molar-refractivity contribution in [1.29, 1.82) is 0 Å². The van der Waals surface area contributed by atoms with Crippen LogP contribution in [0.2, 0.25) is 0 Å². The number of ether oxygens (including phenoxy) is 16. The van der Waals surface area contributed by atoms with Crippen LogP contribution < -0.4 is 4.74 Å². The molecule has 0 aromatic heterocycles. The fraction of sp³-hybridized carbons (Fsp3) is 0.709. The van der Waals surface area contributed by atoms with Gasteiger partial charge in [0.15, 0.2) is 49.2 Å². The molecular weight excluding hydrogens is 1110 g/mol. The second kappa shape index (κ2) is 29.3. The van der Waals surface area contributed by atoms with Crippen molar-refractivity contribution < 1.29 is 129 Å². The van der Waals surface area contributed by atoms with Crippen LogP contribution in [0.4, 0.5) is 0 Å². The van der Waals surface area contributed by atoms with Crippen LogP contribution in [0.25, 0.3) is 0 Å². The second-order valence-corrected chi connectivity index (χ2v) is 21.5. The molecule has 0 bridgehead atoms. The topological polar surface area (TPSA) is 331 Å². The molecule has 4 saturated heterocycles. The van der Waals surface area contributed by atoms with Gasteiger partial charge in [-0.1, -0.05) is 12.1 Å². The molecule has 5 rings (SSSR count). The van der Waals surface area contributed by atoms with Crippen LogP contribution in [-0.2, 0) is 124 Å². The number of piperidine rings is 1. The number of carbonyl (C=O) groups excluding carboxylic acids is 10. The summed E-state index contributed by atoms with van der Waals surface area (Å²) in [7, 11) is 0. The molecule has 0 aliphatic carbocycles. The van der Waals surface area contributed by atoms with Crippen molar-refractivity contribution in [2.75, 3.05) is 19.8 Å². The molecule has 1 unspecified atom stereocenters. The van der Waals surface area contributed by atoms with E-state index >= 15 is 0 Å². The van der Waals surface area contributed by atoms with Gasteiger partial charge in [-0.2, -0.15) is 5.06 Å². The fourth-order valence-corrected chi connectivity index (χ4v) is 10.3. The number of rotatable bonds is 22. The Morgan fingerprint density at radius 1 is 0.434 bits per heavy atom. The maximum atomic E-state index is 13.2. The van der Waals surface area contributed by atoms with Crippen molar-refractivity contribution in [3.63, 3.8) is 0 Å². The maximum absolute atomic E-state index is 13.2. The van der Waals surface area contributed by atoms with Gasteiger partial charge in [0.2, 0.25) is 12.4 Å². The van der Waals surface area contributed by atoms with E-state index in [0.717, 1.165) is 94.1 Å². The Labute approximate surface area is 480 Å². The minimum atomic E-state index is -2.04. The average Bonchev–Trinajstić information content (AvgIpc) is 3.52. The Kier molecular flexibility index (Phi) is 23.7. The van der Waals surface area contributed by atoms with Crippen LogP contribution in [0.5, 0.6) is 5.75 Å². The zero-order valence-corrected chi connectivity index (χ0v) is 49.3. The molecule has 1 aromatic rings. The quantitative estimate of drug-likeness (QED) is 0.119. The first-order valence-corrected chi connectivity index (χ1v) is 26.9. The monoisotopic (exact) mass is 1180 g/mol. The van der Waals surface area contributed by atoms with Crippen molar-refractivity contribution in [3.05, 3.63) is 29.8 Å². The predicted molar refractivity (Wildman–Crippen MR) is 275 cm³/mol. The first-order valence-electron chi connectivity index (χ1n) is 26.9. The normalized spacial score (nSPS) is 30.6. The maximum Gasteiger partial charge on any atom is 0.303 e. The van der Waals surface area contributed by atoms with Crippen molar-refractivity contribution in [3.8, 4) is 5.75 Å². The van der Waals surface area contributed by atoms with Gasteiger partial charge >= 0.3 is 59.7 Å². The SMILES string of the molecule is CC(=O)OC[C@H]1O[C@H](O[C@H]2[C@H](OC(C)=O)[C@@H](OC(C)=O)[C@@H](O[C@H]3[C@H](OC(C)=O)[C@@H](OC(C)=O)[C@H](Oc4ccc(C(C)ON5C(C)(C)CCCC5(C)C)cc4)O[C@@H]3COC(C)=O)O[C@@H]2COC(C)=O)[C@H](OC(C)=O)[C@@H](OC(C)=O)[C@@H]1OC(C)=O. The number of esters is 10. The summed E-state index contributed by atoms with van der Waals surface area (Å²) in [5, 5.41) is 2.04. The molecule has 0 spiro atoms. The highest BCUT2D eigenvalue weighted by Crippen LogP contribution is 2.42.